The molecule has 0 saturated carbocycles. The van der Waals surface area contributed by atoms with Crippen LogP contribution in [0, 0.1) is 23.7 Å². The van der Waals surface area contributed by atoms with E-state index < -0.39 is 0 Å². The average molecular weight is 455 g/mol. The number of ether oxygens (including phenoxy) is 2. The molecule has 0 saturated heterocycles. The summed E-state index contributed by atoms with van der Waals surface area (Å²) in [5, 5.41) is 11.8. The van der Waals surface area contributed by atoms with Gasteiger partial charge in [0.1, 0.15) is 24.7 Å². The fraction of sp³-hybridized carbons (Fsp3) is 0.214. The van der Waals surface area contributed by atoms with Crippen molar-refractivity contribution in [3.63, 3.8) is 0 Å². The second-order valence-electron chi connectivity index (χ2n) is 7.20. The van der Waals surface area contributed by atoms with Gasteiger partial charge in [-0.3, -0.25) is 0 Å². The summed E-state index contributed by atoms with van der Waals surface area (Å²) >= 11 is 0. The van der Waals surface area contributed by atoms with Crippen LogP contribution in [-0.2, 0) is 0 Å². The zero-order valence-corrected chi connectivity index (χ0v) is 20.1. The Bertz CT molecular complexity index is 1050. The van der Waals surface area contributed by atoms with E-state index in [4.69, 9.17) is 9.47 Å². The Kier molecular flexibility index (Phi) is 11.7. The second-order valence-corrected chi connectivity index (χ2v) is 7.20. The fourth-order valence-corrected chi connectivity index (χ4v) is 2.52. The lowest BCUT2D eigenvalue weighted by molar-refractivity contribution is 0.369. The SMILES string of the molecule is CN(C)/N=C/C=C/c1ccccc1OCC#CC#CCOc1ccccc1/C=C/C=N/N(C)C. The molecular formula is C28H30N4O2. The summed E-state index contributed by atoms with van der Waals surface area (Å²) in [4.78, 5) is 0. The highest BCUT2D eigenvalue weighted by atomic mass is 16.5. The molecule has 0 amide bonds. The van der Waals surface area contributed by atoms with Crippen molar-refractivity contribution in [2.24, 2.45) is 10.2 Å². The molecule has 0 aliphatic heterocycles. The molecule has 0 spiro atoms. The Morgan fingerprint density at radius 1 is 0.676 bits per heavy atom. The van der Waals surface area contributed by atoms with Crippen LogP contribution in [0.5, 0.6) is 11.5 Å². The van der Waals surface area contributed by atoms with Gasteiger partial charge < -0.3 is 19.5 Å². The summed E-state index contributed by atoms with van der Waals surface area (Å²) in [5.74, 6) is 12.9. The maximum atomic E-state index is 5.77. The lowest BCUT2D eigenvalue weighted by Crippen LogP contribution is -2.00. The Labute approximate surface area is 202 Å². The van der Waals surface area contributed by atoms with Crippen LogP contribution in [0.25, 0.3) is 12.2 Å². The number of para-hydroxylation sites is 2. The highest BCUT2D eigenvalue weighted by Crippen LogP contribution is 2.19. The summed E-state index contributed by atoms with van der Waals surface area (Å²) < 4.78 is 11.5. The molecular weight excluding hydrogens is 424 g/mol. The first-order valence-electron chi connectivity index (χ1n) is 10.7. The number of hydrazone groups is 2. The van der Waals surface area contributed by atoms with Crippen LogP contribution >= 0.6 is 0 Å². The van der Waals surface area contributed by atoms with Gasteiger partial charge in [0.15, 0.2) is 0 Å². The Morgan fingerprint density at radius 2 is 1.09 bits per heavy atom. The normalized spacial score (nSPS) is 10.8. The van der Waals surface area contributed by atoms with Crippen LogP contribution in [0.2, 0.25) is 0 Å². The molecule has 2 aromatic rings. The van der Waals surface area contributed by atoms with E-state index in [0.29, 0.717) is 0 Å². The van der Waals surface area contributed by atoms with E-state index in [1.807, 2.05) is 101 Å². The molecule has 0 bridgehead atoms. The maximum absolute atomic E-state index is 5.77. The van der Waals surface area contributed by atoms with Crippen molar-refractivity contribution in [3.8, 4) is 35.2 Å². The minimum absolute atomic E-state index is 0.244. The van der Waals surface area contributed by atoms with Crippen LogP contribution in [0.4, 0.5) is 0 Å². The zero-order chi connectivity index (χ0) is 24.4. The number of nitrogens with zero attached hydrogens (tertiary/aromatic N) is 4. The molecule has 0 heterocycles. The van der Waals surface area contributed by atoms with Gasteiger partial charge in [0.05, 0.1) is 0 Å². The van der Waals surface area contributed by atoms with Gasteiger partial charge in [0.25, 0.3) is 0 Å². The number of hydrogen-bond donors (Lipinski definition) is 0. The first kappa shape index (κ1) is 25.8. The smallest absolute Gasteiger partial charge is 0.150 e. The zero-order valence-electron chi connectivity index (χ0n) is 20.1. The third kappa shape index (κ3) is 10.7. The topological polar surface area (TPSA) is 49.7 Å². The molecule has 0 N–H and O–H groups in total. The molecule has 0 atom stereocenters. The maximum Gasteiger partial charge on any atom is 0.150 e. The van der Waals surface area contributed by atoms with Crippen LogP contribution in [0.3, 0.4) is 0 Å². The van der Waals surface area contributed by atoms with E-state index in [1.54, 1.807) is 22.4 Å². The summed E-state index contributed by atoms with van der Waals surface area (Å²) in [5.41, 5.74) is 1.91. The van der Waals surface area contributed by atoms with Crippen molar-refractivity contribution in [3.05, 3.63) is 71.8 Å². The van der Waals surface area contributed by atoms with Gasteiger partial charge in [-0.1, -0.05) is 36.4 Å². The molecule has 34 heavy (non-hydrogen) atoms. The standard InChI is InChI=1S/C28H30N4O2/c1-31(2)29-21-13-17-25-15-7-9-19-27(25)33-23-11-5-6-12-24-34-28-20-10-8-16-26(28)18-14-22-30-32(3)4/h7-10,13-22H,23-24H2,1-4H3/b17-13+,18-14+,29-21+,30-22+. The molecule has 0 aliphatic rings. The van der Waals surface area contributed by atoms with Gasteiger partial charge in [-0.2, -0.15) is 10.2 Å². The van der Waals surface area contributed by atoms with Gasteiger partial charge in [-0.05, 0) is 60.1 Å². The van der Waals surface area contributed by atoms with Crippen molar-refractivity contribution in [1.82, 2.24) is 10.0 Å². The van der Waals surface area contributed by atoms with Gasteiger partial charge in [-0.25, -0.2) is 0 Å². The molecule has 0 aliphatic carbocycles. The molecule has 0 unspecified atom stereocenters. The number of allylic oxidation sites excluding steroid dienone is 2. The number of hydrogen-bond acceptors (Lipinski definition) is 6. The minimum Gasteiger partial charge on any atom is -0.480 e. The van der Waals surface area contributed by atoms with E-state index in [0.717, 1.165) is 22.6 Å². The Morgan fingerprint density at radius 3 is 1.50 bits per heavy atom. The molecule has 0 fully saturated rings. The van der Waals surface area contributed by atoms with Crippen molar-refractivity contribution in [2.75, 3.05) is 41.4 Å². The van der Waals surface area contributed by atoms with E-state index in [2.05, 4.69) is 33.9 Å². The third-order valence-corrected chi connectivity index (χ3v) is 4.00. The van der Waals surface area contributed by atoms with Crippen LogP contribution in [-0.4, -0.2) is 63.9 Å². The average Bonchev–Trinajstić information content (AvgIpc) is 2.82. The first-order chi connectivity index (χ1) is 16.6. The predicted molar refractivity (Wildman–Crippen MR) is 142 cm³/mol. The lowest BCUT2D eigenvalue weighted by atomic mass is 10.2. The molecule has 0 radical (unpaired) electrons. The first-order valence-corrected chi connectivity index (χ1v) is 10.7. The molecule has 2 rings (SSSR count). The minimum atomic E-state index is 0.244. The summed E-state index contributed by atoms with van der Waals surface area (Å²) in [6, 6.07) is 15.5. The van der Waals surface area contributed by atoms with Gasteiger partial charge in [-0.15, -0.1) is 0 Å². The van der Waals surface area contributed by atoms with Crippen molar-refractivity contribution >= 4 is 24.6 Å². The van der Waals surface area contributed by atoms with Crippen LogP contribution in [0.15, 0.2) is 70.9 Å². The monoisotopic (exact) mass is 454 g/mol. The largest absolute Gasteiger partial charge is 0.480 e. The van der Waals surface area contributed by atoms with Crippen LogP contribution < -0.4 is 9.47 Å². The van der Waals surface area contributed by atoms with E-state index >= 15 is 0 Å². The van der Waals surface area contributed by atoms with Crippen molar-refractivity contribution in [1.29, 1.82) is 0 Å². The summed E-state index contributed by atoms with van der Waals surface area (Å²) in [6.07, 6.45) is 11.1. The molecule has 6 nitrogen and oxygen atoms in total. The van der Waals surface area contributed by atoms with Gasteiger partial charge >= 0.3 is 0 Å². The summed E-state index contributed by atoms with van der Waals surface area (Å²) in [6.45, 7) is 0.489. The Hall–Kier alpha value is -4.42. The van der Waals surface area contributed by atoms with Crippen LogP contribution in [0.1, 0.15) is 11.1 Å². The molecule has 6 heteroatoms. The quantitative estimate of drug-likeness (QED) is 0.306. The highest BCUT2D eigenvalue weighted by Gasteiger charge is 1.98. The van der Waals surface area contributed by atoms with E-state index in [9.17, 15) is 0 Å². The lowest BCUT2D eigenvalue weighted by Gasteiger charge is -2.05. The molecule has 0 aromatic heterocycles. The Balaban J connectivity index is 1.84. The fourth-order valence-electron chi connectivity index (χ4n) is 2.52. The number of benzene rings is 2. The van der Waals surface area contributed by atoms with E-state index in [-0.39, 0.29) is 13.2 Å². The summed E-state index contributed by atoms with van der Waals surface area (Å²) in [7, 11) is 7.48. The van der Waals surface area contributed by atoms with E-state index in [1.165, 1.54) is 0 Å². The van der Waals surface area contributed by atoms with Crippen molar-refractivity contribution < 1.29 is 9.47 Å². The second kappa shape index (κ2) is 15.4. The number of rotatable bonds is 10. The van der Waals surface area contributed by atoms with Gasteiger partial charge in [0.2, 0.25) is 0 Å². The predicted octanol–water partition coefficient (Wildman–Crippen LogP) is 4.27. The third-order valence-electron chi connectivity index (χ3n) is 4.00. The molecule has 174 valence electrons. The van der Waals surface area contributed by atoms with Gasteiger partial charge in [0, 0.05) is 51.7 Å². The molecule has 2 aromatic carbocycles. The van der Waals surface area contributed by atoms with Crippen molar-refractivity contribution in [2.45, 2.75) is 0 Å². The highest BCUT2D eigenvalue weighted by molar-refractivity contribution is 5.79.